The second kappa shape index (κ2) is 7.06. The van der Waals surface area contributed by atoms with Crippen molar-refractivity contribution in [2.24, 2.45) is 0 Å². The molecule has 1 aromatic carbocycles. The van der Waals surface area contributed by atoms with Crippen LogP contribution in [-0.2, 0) is 14.4 Å². The average molecular weight is 296 g/mol. The Morgan fingerprint density at radius 3 is 3.10 bits per heavy atom. The number of carbonyl (C=O) groups excluding carboxylic acids is 1. The van der Waals surface area contributed by atoms with Gasteiger partial charge in [-0.3, -0.25) is 4.79 Å². The summed E-state index contributed by atoms with van der Waals surface area (Å²) in [6.07, 6.45) is 0.263. The number of carbonyl (C=O) groups is 1. The van der Waals surface area contributed by atoms with E-state index in [1.165, 1.54) is 7.11 Å². The SMILES string of the molecule is COC(=O)CCNC(=S)NC1COOc2ccccc21. The summed E-state index contributed by atoms with van der Waals surface area (Å²) in [5.41, 5.74) is 0.982. The van der Waals surface area contributed by atoms with Crippen molar-refractivity contribution >= 4 is 23.3 Å². The number of nitrogens with one attached hydrogen (secondary N) is 2. The first-order valence-electron chi connectivity index (χ1n) is 6.20. The number of rotatable bonds is 4. The first kappa shape index (κ1) is 14.5. The number of hydrogen-bond donors (Lipinski definition) is 2. The van der Waals surface area contributed by atoms with Crippen molar-refractivity contribution < 1.29 is 19.3 Å². The Hall–Kier alpha value is -1.86. The summed E-state index contributed by atoms with van der Waals surface area (Å²) < 4.78 is 4.55. The van der Waals surface area contributed by atoms with E-state index in [9.17, 15) is 4.79 Å². The van der Waals surface area contributed by atoms with E-state index in [-0.39, 0.29) is 18.4 Å². The van der Waals surface area contributed by atoms with Crippen molar-refractivity contribution in [1.29, 1.82) is 0 Å². The lowest BCUT2D eigenvalue weighted by molar-refractivity contribution is -0.222. The third-order valence-electron chi connectivity index (χ3n) is 2.83. The quantitative estimate of drug-likeness (QED) is 0.489. The number of para-hydroxylation sites is 1. The predicted molar refractivity (Wildman–Crippen MR) is 76.1 cm³/mol. The fourth-order valence-corrected chi connectivity index (χ4v) is 2.05. The maximum Gasteiger partial charge on any atom is 0.307 e. The van der Waals surface area contributed by atoms with Crippen molar-refractivity contribution in [2.45, 2.75) is 12.5 Å². The summed E-state index contributed by atoms with van der Waals surface area (Å²) in [5, 5.41) is 6.54. The second-order valence-corrected chi connectivity index (χ2v) is 4.59. The Morgan fingerprint density at radius 1 is 1.50 bits per heavy atom. The number of thiocarbonyl (C=S) groups is 1. The maximum atomic E-state index is 11.0. The minimum absolute atomic E-state index is 0.0851. The van der Waals surface area contributed by atoms with Crippen LogP contribution in [0.3, 0.4) is 0 Å². The maximum absolute atomic E-state index is 11.0. The summed E-state index contributed by atoms with van der Waals surface area (Å²) in [4.78, 5) is 21.1. The molecule has 0 aliphatic carbocycles. The van der Waals surface area contributed by atoms with Crippen LogP contribution in [0, 0.1) is 0 Å². The fourth-order valence-electron chi connectivity index (χ4n) is 1.81. The van der Waals surface area contributed by atoms with Gasteiger partial charge in [0.1, 0.15) is 6.61 Å². The number of esters is 1. The number of ether oxygens (including phenoxy) is 1. The normalized spacial score (nSPS) is 16.6. The van der Waals surface area contributed by atoms with Gasteiger partial charge in [0.2, 0.25) is 0 Å². The van der Waals surface area contributed by atoms with E-state index in [2.05, 4.69) is 15.4 Å². The second-order valence-electron chi connectivity index (χ2n) is 4.18. The average Bonchev–Trinajstić information content (AvgIpc) is 2.47. The number of methoxy groups -OCH3 is 1. The molecule has 1 atom stereocenters. The lowest BCUT2D eigenvalue weighted by atomic mass is 10.1. The molecule has 0 saturated heterocycles. The highest BCUT2D eigenvalue weighted by molar-refractivity contribution is 7.80. The summed E-state index contributed by atoms with van der Waals surface area (Å²) in [6, 6.07) is 7.50. The molecule has 7 heteroatoms. The third-order valence-corrected chi connectivity index (χ3v) is 3.09. The summed E-state index contributed by atoms with van der Waals surface area (Å²) in [5.74, 6) is 0.397. The topological polar surface area (TPSA) is 68.8 Å². The molecule has 1 aliphatic rings. The van der Waals surface area contributed by atoms with E-state index in [0.717, 1.165) is 5.56 Å². The zero-order valence-electron chi connectivity index (χ0n) is 11.0. The van der Waals surface area contributed by atoms with Gasteiger partial charge in [0, 0.05) is 12.1 Å². The van der Waals surface area contributed by atoms with Gasteiger partial charge in [0.25, 0.3) is 0 Å². The molecule has 2 rings (SSSR count). The standard InChI is InChI=1S/C13H16N2O4S/c1-17-12(16)6-7-14-13(20)15-10-8-18-19-11-5-3-2-4-9(10)11/h2-5,10H,6-8H2,1H3,(H2,14,15,20). The van der Waals surface area contributed by atoms with Crippen LogP contribution < -0.4 is 15.5 Å². The van der Waals surface area contributed by atoms with Gasteiger partial charge in [0.15, 0.2) is 10.9 Å². The molecule has 108 valence electrons. The van der Waals surface area contributed by atoms with Crippen LogP contribution in [0.15, 0.2) is 24.3 Å². The molecule has 6 nitrogen and oxygen atoms in total. The Bertz CT molecular complexity index is 495. The molecule has 0 radical (unpaired) electrons. The van der Waals surface area contributed by atoms with Crippen molar-refractivity contribution in [3.63, 3.8) is 0 Å². The molecule has 2 N–H and O–H groups in total. The molecule has 0 aromatic heterocycles. The van der Waals surface area contributed by atoms with Crippen LogP contribution in [0.25, 0.3) is 0 Å². The zero-order valence-corrected chi connectivity index (χ0v) is 11.9. The van der Waals surface area contributed by atoms with Crippen molar-refractivity contribution in [2.75, 3.05) is 20.3 Å². The molecule has 0 bridgehead atoms. The molecule has 0 fully saturated rings. The van der Waals surface area contributed by atoms with Crippen molar-refractivity contribution in [1.82, 2.24) is 10.6 Å². The van der Waals surface area contributed by atoms with Gasteiger partial charge in [0.05, 0.1) is 19.6 Å². The lowest BCUT2D eigenvalue weighted by Crippen LogP contribution is -2.41. The summed E-state index contributed by atoms with van der Waals surface area (Å²) in [6.45, 7) is 0.778. The van der Waals surface area contributed by atoms with E-state index in [1.807, 2.05) is 24.3 Å². The predicted octanol–water partition coefficient (Wildman–Crippen LogP) is 1.08. The molecule has 1 aromatic rings. The zero-order chi connectivity index (χ0) is 14.4. The van der Waals surface area contributed by atoms with Crippen LogP contribution in [0.4, 0.5) is 0 Å². The number of hydrogen-bond acceptors (Lipinski definition) is 5. The van der Waals surface area contributed by atoms with E-state index in [1.54, 1.807) is 0 Å². The lowest BCUT2D eigenvalue weighted by Gasteiger charge is -2.26. The van der Waals surface area contributed by atoms with Gasteiger partial charge in [-0.1, -0.05) is 18.2 Å². The van der Waals surface area contributed by atoms with Crippen LogP contribution in [-0.4, -0.2) is 31.3 Å². The van der Waals surface area contributed by atoms with Gasteiger partial charge >= 0.3 is 5.97 Å². The molecule has 0 amide bonds. The Morgan fingerprint density at radius 2 is 2.30 bits per heavy atom. The van der Waals surface area contributed by atoms with Crippen LogP contribution in [0.5, 0.6) is 5.75 Å². The number of fused-ring (bicyclic) bond motifs is 1. The molecule has 1 heterocycles. The summed E-state index contributed by atoms with van der Waals surface area (Å²) >= 11 is 5.18. The van der Waals surface area contributed by atoms with Gasteiger partial charge in [-0.2, -0.15) is 4.89 Å². The first-order chi connectivity index (χ1) is 9.70. The van der Waals surface area contributed by atoms with Crippen LogP contribution in [0.2, 0.25) is 0 Å². The fraction of sp³-hybridized carbons (Fsp3) is 0.385. The van der Waals surface area contributed by atoms with E-state index < -0.39 is 0 Å². The largest absolute Gasteiger partial charge is 0.469 e. The Kier molecular flexibility index (Phi) is 5.14. The molecular weight excluding hydrogens is 280 g/mol. The third kappa shape index (κ3) is 3.82. The minimum Gasteiger partial charge on any atom is -0.469 e. The smallest absolute Gasteiger partial charge is 0.307 e. The molecule has 1 unspecified atom stereocenters. The van der Waals surface area contributed by atoms with Gasteiger partial charge < -0.3 is 20.3 Å². The Balaban J connectivity index is 1.85. The Labute approximate surface area is 122 Å². The van der Waals surface area contributed by atoms with Crippen molar-refractivity contribution in [3.8, 4) is 5.75 Å². The van der Waals surface area contributed by atoms with Crippen LogP contribution >= 0.6 is 12.2 Å². The molecule has 0 spiro atoms. The number of benzene rings is 1. The van der Waals surface area contributed by atoms with Gasteiger partial charge in [-0.25, -0.2) is 0 Å². The molecule has 1 aliphatic heterocycles. The molecule has 20 heavy (non-hydrogen) atoms. The molecular formula is C13H16N2O4S. The van der Waals surface area contributed by atoms with E-state index in [0.29, 0.717) is 24.0 Å². The summed E-state index contributed by atoms with van der Waals surface area (Å²) in [7, 11) is 1.36. The van der Waals surface area contributed by atoms with Gasteiger partial charge in [-0.05, 0) is 18.3 Å². The first-order valence-corrected chi connectivity index (χ1v) is 6.61. The monoisotopic (exact) mass is 296 g/mol. The van der Waals surface area contributed by atoms with E-state index >= 15 is 0 Å². The highest BCUT2D eigenvalue weighted by atomic mass is 32.1. The van der Waals surface area contributed by atoms with Crippen LogP contribution in [0.1, 0.15) is 18.0 Å². The highest BCUT2D eigenvalue weighted by Gasteiger charge is 2.22. The molecule has 0 saturated carbocycles. The highest BCUT2D eigenvalue weighted by Crippen LogP contribution is 2.29. The van der Waals surface area contributed by atoms with E-state index in [4.69, 9.17) is 22.0 Å². The van der Waals surface area contributed by atoms with Crippen molar-refractivity contribution in [3.05, 3.63) is 29.8 Å². The minimum atomic E-state index is -0.278. The van der Waals surface area contributed by atoms with Gasteiger partial charge in [-0.15, -0.1) is 0 Å².